The van der Waals surface area contributed by atoms with Crippen LogP contribution in [0.3, 0.4) is 0 Å². The number of methoxy groups -OCH3 is 1. The van der Waals surface area contributed by atoms with Crippen molar-refractivity contribution >= 4 is 29.0 Å². The normalized spacial score (nSPS) is 11.6. The van der Waals surface area contributed by atoms with Gasteiger partial charge in [0.1, 0.15) is 5.75 Å². The van der Waals surface area contributed by atoms with Crippen molar-refractivity contribution in [2.75, 3.05) is 12.4 Å². The van der Waals surface area contributed by atoms with Crippen molar-refractivity contribution in [3.05, 3.63) is 58.1 Å². The summed E-state index contributed by atoms with van der Waals surface area (Å²) in [5, 5.41) is 13.3. The van der Waals surface area contributed by atoms with Crippen LogP contribution in [0, 0.1) is 17.0 Å². The lowest BCUT2D eigenvalue weighted by Gasteiger charge is -2.13. The van der Waals surface area contributed by atoms with Crippen molar-refractivity contribution in [2.45, 2.75) is 24.0 Å². The number of rotatable bonds is 6. The Balaban J connectivity index is 2.05. The van der Waals surface area contributed by atoms with E-state index in [0.29, 0.717) is 5.69 Å². The van der Waals surface area contributed by atoms with E-state index in [4.69, 9.17) is 4.74 Å². The fourth-order valence-corrected chi connectivity index (χ4v) is 2.87. The largest absolute Gasteiger partial charge is 0.497 e. The summed E-state index contributed by atoms with van der Waals surface area (Å²) in [7, 11) is 1.60. The van der Waals surface area contributed by atoms with E-state index in [1.54, 1.807) is 27.0 Å². The topological polar surface area (TPSA) is 81.5 Å². The number of nitro groups is 1. The maximum Gasteiger partial charge on any atom is 0.271 e. The molecule has 0 aliphatic carbocycles. The summed E-state index contributed by atoms with van der Waals surface area (Å²) >= 11 is 1.41. The Hall–Kier alpha value is -2.54. The smallest absolute Gasteiger partial charge is 0.271 e. The summed E-state index contributed by atoms with van der Waals surface area (Å²) in [6.45, 7) is 3.58. The molecule has 1 N–H and O–H groups in total. The zero-order chi connectivity index (χ0) is 17.7. The number of hydrogen-bond donors (Lipinski definition) is 1. The molecule has 2 aromatic rings. The van der Waals surface area contributed by atoms with Crippen LogP contribution in [-0.2, 0) is 4.79 Å². The van der Waals surface area contributed by atoms with Crippen LogP contribution in [-0.4, -0.2) is 23.2 Å². The number of hydrogen-bond acceptors (Lipinski definition) is 5. The number of non-ortho nitro benzene ring substituents is 1. The van der Waals surface area contributed by atoms with Crippen LogP contribution in [0.5, 0.6) is 5.75 Å². The van der Waals surface area contributed by atoms with Crippen molar-refractivity contribution in [2.24, 2.45) is 0 Å². The van der Waals surface area contributed by atoms with E-state index in [1.807, 2.05) is 24.3 Å². The van der Waals surface area contributed by atoms with Gasteiger partial charge in [-0.25, -0.2) is 0 Å². The minimum Gasteiger partial charge on any atom is -0.497 e. The summed E-state index contributed by atoms with van der Waals surface area (Å²) in [4.78, 5) is 23.7. The monoisotopic (exact) mass is 346 g/mol. The second-order valence-electron chi connectivity index (χ2n) is 5.18. The van der Waals surface area contributed by atoms with E-state index in [9.17, 15) is 14.9 Å². The van der Waals surface area contributed by atoms with E-state index >= 15 is 0 Å². The van der Waals surface area contributed by atoms with Crippen LogP contribution in [0.4, 0.5) is 11.4 Å². The highest BCUT2D eigenvalue weighted by Gasteiger charge is 2.17. The van der Waals surface area contributed by atoms with Gasteiger partial charge in [0.15, 0.2) is 0 Å². The van der Waals surface area contributed by atoms with Gasteiger partial charge in [-0.3, -0.25) is 14.9 Å². The van der Waals surface area contributed by atoms with Gasteiger partial charge in [0.25, 0.3) is 5.69 Å². The van der Waals surface area contributed by atoms with Gasteiger partial charge in [-0.05, 0) is 43.7 Å². The molecule has 0 saturated carbocycles. The summed E-state index contributed by atoms with van der Waals surface area (Å²) in [5.41, 5.74) is 1.18. The number of carbonyl (C=O) groups excluding carboxylic acids is 1. The Labute approximate surface area is 144 Å². The van der Waals surface area contributed by atoms with Crippen LogP contribution in [0.2, 0.25) is 0 Å². The number of nitrogens with zero attached hydrogens (tertiary/aromatic N) is 1. The van der Waals surface area contributed by atoms with Gasteiger partial charge in [0.2, 0.25) is 5.91 Å². The number of thioether (sulfide) groups is 1. The molecule has 0 saturated heterocycles. The Kier molecular flexibility index (Phi) is 5.81. The van der Waals surface area contributed by atoms with Gasteiger partial charge < -0.3 is 10.1 Å². The fraction of sp³-hybridized carbons (Fsp3) is 0.235. The Morgan fingerprint density at radius 1 is 1.25 bits per heavy atom. The molecule has 2 aromatic carbocycles. The summed E-state index contributed by atoms with van der Waals surface area (Å²) in [5.74, 6) is 0.545. The van der Waals surface area contributed by atoms with Crippen molar-refractivity contribution in [3.8, 4) is 5.75 Å². The van der Waals surface area contributed by atoms with E-state index in [0.717, 1.165) is 16.2 Å². The lowest BCUT2D eigenvalue weighted by Crippen LogP contribution is -2.22. The quantitative estimate of drug-likeness (QED) is 0.485. The van der Waals surface area contributed by atoms with Crippen LogP contribution >= 0.6 is 11.8 Å². The highest BCUT2D eigenvalue weighted by Crippen LogP contribution is 2.27. The highest BCUT2D eigenvalue weighted by molar-refractivity contribution is 8.00. The molecule has 2 rings (SSSR count). The first-order valence-electron chi connectivity index (χ1n) is 7.27. The first-order chi connectivity index (χ1) is 11.4. The van der Waals surface area contributed by atoms with Gasteiger partial charge >= 0.3 is 0 Å². The van der Waals surface area contributed by atoms with Crippen LogP contribution < -0.4 is 10.1 Å². The maximum absolute atomic E-state index is 12.3. The van der Waals surface area contributed by atoms with E-state index in [-0.39, 0.29) is 16.8 Å². The van der Waals surface area contributed by atoms with Gasteiger partial charge in [0.05, 0.1) is 23.0 Å². The molecule has 24 heavy (non-hydrogen) atoms. The first-order valence-corrected chi connectivity index (χ1v) is 8.15. The van der Waals surface area contributed by atoms with Gasteiger partial charge in [-0.1, -0.05) is 6.07 Å². The van der Waals surface area contributed by atoms with Crippen molar-refractivity contribution in [1.29, 1.82) is 0 Å². The standard InChI is InChI=1S/C17H18N2O4S/c1-11-4-5-13(19(21)22)10-16(11)18-17(20)12(2)24-15-8-6-14(23-3)7-9-15/h4-10,12H,1-3H3,(H,18,20)/t12-/m1/s1. The SMILES string of the molecule is COc1ccc(S[C@H](C)C(=O)Nc2cc([N+](=O)[O-])ccc2C)cc1. The predicted octanol–water partition coefficient (Wildman–Crippen LogP) is 4.03. The number of nitro benzene ring substituents is 1. The zero-order valence-electron chi connectivity index (χ0n) is 13.6. The third kappa shape index (κ3) is 4.48. The molecule has 0 unspecified atom stereocenters. The van der Waals surface area contributed by atoms with E-state index in [1.165, 1.54) is 23.9 Å². The third-order valence-electron chi connectivity index (χ3n) is 3.43. The van der Waals surface area contributed by atoms with E-state index < -0.39 is 4.92 Å². The average Bonchev–Trinajstić information content (AvgIpc) is 2.57. The molecule has 0 aliphatic rings. The second kappa shape index (κ2) is 7.83. The minimum atomic E-state index is -0.482. The molecule has 6 nitrogen and oxygen atoms in total. The van der Waals surface area contributed by atoms with Crippen LogP contribution in [0.25, 0.3) is 0 Å². The molecular formula is C17H18N2O4S. The Morgan fingerprint density at radius 2 is 1.92 bits per heavy atom. The molecule has 0 fully saturated rings. The van der Waals surface area contributed by atoms with Crippen molar-refractivity contribution in [3.63, 3.8) is 0 Å². The van der Waals surface area contributed by atoms with Gasteiger partial charge in [-0.15, -0.1) is 11.8 Å². The number of benzene rings is 2. The number of carbonyl (C=O) groups is 1. The molecule has 1 atom stereocenters. The lowest BCUT2D eigenvalue weighted by atomic mass is 10.2. The number of aryl methyl sites for hydroxylation is 1. The third-order valence-corrected chi connectivity index (χ3v) is 4.54. The number of amides is 1. The van der Waals surface area contributed by atoms with E-state index in [2.05, 4.69) is 5.32 Å². The highest BCUT2D eigenvalue weighted by atomic mass is 32.2. The van der Waals surface area contributed by atoms with Crippen LogP contribution in [0.15, 0.2) is 47.4 Å². The van der Waals surface area contributed by atoms with Gasteiger partial charge in [-0.2, -0.15) is 0 Å². The lowest BCUT2D eigenvalue weighted by molar-refractivity contribution is -0.384. The van der Waals surface area contributed by atoms with Crippen molar-refractivity contribution < 1.29 is 14.5 Å². The van der Waals surface area contributed by atoms with Gasteiger partial charge in [0, 0.05) is 17.0 Å². The number of nitrogens with one attached hydrogen (secondary N) is 1. The maximum atomic E-state index is 12.3. The Bertz CT molecular complexity index is 747. The minimum absolute atomic E-state index is 0.0497. The Morgan fingerprint density at radius 3 is 2.50 bits per heavy atom. The molecule has 7 heteroatoms. The fourth-order valence-electron chi connectivity index (χ4n) is 2.00. The number of anilines is 1. The zero-order valence-corrected chi connectivity index (χ0v) is 14.4. The molecule has 0 heterocycles. The molecule has 0 radical (unpaired) electrons. The summed E-state index contributed by atoms with van der Waals surface area (Å²) in [6, 6.07) is 11.8. The molecule has 126 valence electrons. The van der Waals surface area contributed by atoms with Crippen LogP contribution in [0.1, 0.15) is 12.5 Å². The molecule has 0 aromatic heterocycles. The molecule has 0 aliphatic heterocycles. The summed E-state index contributed by atoms with van der Waals surface area (Å²) < 4.78 is 5.10. The molecule has 0 bridgehead atoms. The first kappa shape index (κ1) is 17.8. The second-order valence-corrected chi connectivity index (χ2v) is 6.60. The van der Waals surface area contributed by atoms with Crippen molar-refractivity contribution in [1.82, 2.24) is 0 Å². The average molecular weight is 346 g/mol. The molecule has 0 spiro atoms. The predicted molar refractivity (Wildman–Crippen MR) is 94.8 cm³/mol. The molecular weight excluding hydrogens is 328 g/mol. The number of ether oxygens (including phenoxy) is 1. The molecule has 1 amide bonds. The summed E-state index contributed by atoms with van der Waals surface area (Å²) in [6.07, 6.45) is 0.